The van der Waals surface area contributed by atoms with Crippen LogP contribution in [0.25, 0.3) is 0 Å². The molecule has 4 aromatic rings. The van der Waals surface area contributed by atoms with Gasteiger partial charge in [-0.2, -0.15) is 9.29 Å². The molecular formula is C30H31F2N5O5S. The quantitative estimate of drug-likeness (QED) is 0.216. The minimum atomic E-state index is -3.76. The molecule has 1 aliphatic rings. The van der Waals surface area contributed by atoms with Crippen molar-refractivity contribution in [3.05, 3.63) is 90.1 Å². The van der Waals surface area contributed by atoms with Gasteiger partial charge >= 0.3 is 0 Å². The molecule has 0 saturated carbocycles. The second kappa shape index (κ2) is 12.9. The fourth-order valence-corrected chi connectivity index (χ4v) is 6.42. The van der Waals surface area contributed by atoms with Crippen LogP contribution in [0.3, 0.4) is 0 Å². The molecule has 0 radical (unpaired) electrons. The Morgan fingerprint density at radius 1 is 0.907 bits per heavy atom. The van der Waals surface area contributed by atoms with Crippen LogP contribution in [0.1, 0.15) is 24.5 Å². The molecule has 1 aliphatic heterocycles. The zero-order valence-corrected chi connectivity index (χ0v) is 24.3. The largest absolute Gasteiger partial charge is 0.497 e. The Bertz CT molecular complexity index is 1680. The number of aliphatic hydroxyl groups excluding tert-OH is 1. The summed E-state index contributed by atoms with van der Waals surface area (Å²) in [5.74, 6) is -0.360. The summed E-state index contributed by atoms with van der Waals surface area (Å²) < 4.78 is 65.6. The highest BCUT2D eigenvalue weighted by Gasteiger charge is 2.33. The van der Waals surface area contributed by atoms with Crippen molar-refractivity contribution < 1.29 is 31.8 Å². The second-order valence-electron chi connectivity index (χ2n) is 9.96. The van der Waals surface area contributed by atoms with Gasteiger partial charge in [-0.3, -0.25) is 0 Å². The van der Waals surface area contributed by atoms with Crippen molar-refractivity contribution in [3.63, 3.8) is 0 Å². The highest BCUT2D eigenvalue weighted by Crippen LogP contribution is 2.38. The third-order valence-corrected chi connectivity index (χ3v) is 9.21. The average Bonchev–Trinajstić information content (AvgIpc) is 3.02. The van der Waals surface area contributed by atoms with Gasteiger partial charge in [0.05, 0.1) is 25.2 Å². The Morgan fingerprint density at radius 3 is 2.30 bits per heavy atom. The molecule has 13 heteroatoms. The van der Waals surface area contributed by atoms with Crippen LogP contribution in [0.2, 0.25) is 0 Å². The van der Waals surface area contributed by atoms with Gasteiger partial charge < -0.3 is 25.2 Å². The molecule has 43 heavy (non-hydrogen) atoms. The second-order valence-corrected chi connectivity index (χ2v) is 11.9. The number of sulfonamides is 1. The Balaban J connectivity index is 1.21. The summed E-state index contributed by atoms with van der Waals surface area (Å²) in [5, 5.41) is 17.0. The monoisotopic (exact) mass is 611 g/mol. The van der Waals surface area contributed by atoms with Crippen LogP contribution in [0, 0.1) is 17.6 Å². The van der Waals surface area contributed by atoms with E-state index in [1.807, 2.05) is 0 Å². The fraction of sp³-hybridized carbons (Fsp3) is 0.267. The first-order chi connectivity index (χ1) is 20.7. The number of nitrogens with one attached hydrogen (secondary N) is 2. The van der Waals surface area contributed by atoms with E-state index < -0.39 is 27.8 Å². The maximum atomic E-state index is 13.5. The number of benzene rings is 3. The molecule has 3 N–H and O–H groups in total. The summed E-state index contributed by atoms with van der Waals surface area (Å²) in [7, 11) is -0.669. The van der Waals surface area contributed by atoms with Crippen LogP contribution in [-0.2, 0) is 10.0 Å². The molecule has 0 bridgehead atoms. The maximum absolute atomic E-state index is 13.5. The Labute approximate surface area is 248 Å². The standard InChI is InChI=1S/C30H31F2N5O5S/c1-41-22-6-10-27(42-2)24(18-22)29(38)19-12-15-37(16-13-19)43(39,40)23-7-3-20(4-8-23)35-30-33-14-11-28(36-30)34-21-5-9-25(31)26(32)17-21/h3-11,14,17-19,29,38H,12-13,15-16H2,1-2H3,(H2,33,34,35,36). The smallest absolute Gasteiger partial charge is 0.243 e. The summed E-state index contributed by atoms with van der Waals surface area (Å²) in [6.07, 6.45) is 1.62. The van der Waals surface area contributed by atoms with Gasteiger partial charge in [-0.15, -0.1) is 0 Å². The van der Waals surface area contributed by atoms with Crippen molar-refractivity contribution in [1.29, 1.82) is 0 Å². The molecule has 0 spiro atoms. The highest BCUT2D eigenvalue weighted by molar-refractivity contribution is 7.89. The minimum Gasteiger partial charge on any atom is -0.497 e. The molecule has 0 aliphatic carbocycles. The molecular weight excluding hydrogens is 580 g/mol. The molecule has 2 heterocycles. The van der Waals surface area contributed by atoms with Gasteiger partial charge in [0, 0.05) is 42.3 Å². The van der Waals surface area contributed by atoms with Gasteiger partial charge in [0.1, 0.15) is 17.3 Å². The van der Waals surface area contributed by atoms with E-state index in [9.17, 15) is 22.3 Å². The predicted octanol–water partition coefficient (Wildman–Crippen LogP) is 5.39. The zero-order chi connectivity index (χ0) is 30.6. The lowest BCUT2D eigenvalue weighted by Crippen LogP contribution is -2.39. The summed E-state index contributed by atoms with van der Waals surface area (Å²) in [5.41, 5.74) is 1.48. The Hall–Kier alpha value is -4.33. The Morgan fingerprint density at radius 2 is 1.63 bits per heavy atom. The highest BCUT2D eigenvalue weighted by atomic mass is 32.2. The number of methoxy groups -OCH3 is 2. The first-order valence-electron chi connectivity index (χ1n) is 13.5. The van der Waals surface area contributed by atoms with Gasteiger partial charge in [-0.05, 0) is 79.4 Å². The van der Waals surface area contributed by atoms with Gasteiger partial charge in [0.25, 0.3) is 0 Å². The number of anilines is 4. The molecule has 226 valence electrons. The van der Waals surface area contributed by atoms with Crippen molar-refractivity contribution in [2.45, 2.75) is 23.8 Å². The van der Waals surface area contributed by atoms with Crippen molar-refractivity contribution in [1.82, 2.24) is 14.3 Å². The molecule has 1 saturated heterocycles. The van der Waals surface area contributed by atoms with E-state index >= 15 is 0 Å². The van der Waals surface area contributed by atoms with Gasteiger partial charge in [-0.1, -0.05) is 0 Å². The summed E-state index contributed by atoms with van der Waals surface area (Å²) in [6, 6.07) is 16.4. The van der Waals surface area contributed by atoms with Crippen LogP contribution < -0.4 is 20.1 Å². The maximum Gasteiger partial charge on any atom is 0.243 e. The number of aliphatic hydroxyl groups is 1. The van der Waals surface area contributed by atoms with E-state index in [-0.39, 0.29) is 29.9 Å². The summed E-state index contributed by atoms with van der Waals surface area (Å²) >= 11 is 0. The molecule has 10 nitrogen and oxygen atoms in total. The normalized spacial score (nSPS) is 15.1. The van der Waals surface area contributed by atoms with Crippen molar-refractivity contribution in [3.8, 4) is 11.5 Å². The molecule has 1 aromatic heterocycles. The number of piperidine rings is 1. The van der Waals surface area contributed by atoms with E-state index in [0.717, 1.165) is 12.1 Å². The summed E-state index contributed by atoms with van der Waals surface area (Å²) in [4.78, 5) is 8.61. The fourth-order valence-electron chi connectivity index (χ4n) is 4.96. The number of nitrogens with zero attached hydrogens (tertiary/aromatic N) is 3. The SMILES string of the molecule is COc1ccc(OC)c(C(O)C2CCN(S(=O)(=O)c3ccc(Nc4nccc(Nc5ccc(F)c(F)c5)n4)cc3)CC2)c1. The molecule has 0 amide bonds. The van der Waals surface area contributed by atoms with Crippen LogP contribution in [0.15, 0.2) is 77.8 Å². The minimum absolute atomic E-state index is 0.140. The van der Waals surface area contributed by atoms with Crippen molar-refractivity contribution >= 4 is 33.2 Å². The number of aromatic nitrogens is 2. The number of hydrogen-bond acceptors (Lipinski definition) is 9. The number of halogens is 2. The van der Waals surface area contributed by atoms with Gasteiger partial charge in [0.2, 0.25) is 16.0 Å². The van der Waals surface area contributed by atoms with Crippen molar-refractivity contribution in [2.75, 3.05) is 37.9 Å². The predicted molar refractivity (Wildman–Crippen MR) is 157 cm³/mol. The van der Waals surface area contributed by atoms with Crippen LogP contribution >= 0.6 is 0 Å². The number of ether oxygens (including phenoxy) is 2. The van der Waals surface area contributed by atoms with E-state index in [1.165, 1.54) is 35.8 Å². The van der Waals surface area contributed by atoms with Crippen LogP contribution in [0.5, 0.6) is 11.5 Å². The lowest BCUT2D eigenvalue weighted by molar-refractivity contribution is 0.0737. The average molecular weight is 612 g/mol. The topological polar surface area (TPSA) is 126 Å². The van der Waals surface area contributed by atoms with E-state index in [0.29, 0.717) is 47.1 Å². The summed E-state index contributed by atoms with van der Waals surface area (Å²) in [6.45, 7) is 0.532. The zero-order valence-electron chi connectivity index (χ0n) is 23.5. The van der Waals surface area contributed by atoms with E-state index in [2.05, 4.69) is 20.6 Å². The number of hydrogen-bond donors (Lipinski definition) is 3. The van der Waals surface area contributed by atoms with E-state index in [1.54, 1.807) is 43.5 Å². The lowest BCUT2D eigenvalue weighted by Gasteiger charge is -2.34. The van der Waals surface area contributed by atoms with Gasteiger partial charge in [-0.25, -0.2) is 22.2 Å². The van der Waals surface area contributed by atoms with Crippen LogP contribution in [-0.4, -0.2) is 55.1 Å². The van der Waals surface area contributed by atoms with Crippen LogP contribution in [0.4, 0.5) is 31.9 Å². The molecule has 1 unspecified atom stereocenters. The van der Waals surface area contributed by atoms with Crippen molar-refractivity contribution in [2.24, 2.45) is 5.92 Å². The number of rotatable bonds is 10. The molecule has 5 rings (SSSR count). The molecule has 1 atom stereocenters. The molecule has 3 aromatic carbocycles. The van der Waals surface area contributed by atoms with Gasteiger partial charge in [0.15, 0.2) is 11.6 Å². The van der Waals surface area contributed by atoms with E-state index in [4.69, 9.17) is 9.47 Å². The first kappa shape index (κ1) is 30.1. The Kier molecular flexibility index (Phi) is 9.04. The third kappa shape index (κ3) is 6.85. The first-order valence-corrected chi connectivity index (χ1v) is 14.9. The third-order valence-electron chi connectivity index (χ3n) is 7.30. The lowest BCUT2D eigenvalue weighted by atomic mass is 9.87. The molecule has 1 fully saturated rings.